The summed E-state index contributed by atoms with van der Waals surface area (Å²) in [5.74, 6) is 0.00576. The maximum atomic E-state index is 12.9. The summed E-state index contributed by atoms with van der Waals surface area (Å²) in [4.78, 5) is 34.8. The van der Waals surface area contributed by atoms with Gasteiger partial charge in [0, 0.05) is 25.8 Å². The number of aryl methyl sites for hydroxylation is 1. The lowest BCUT2D eigenvalue weighted by Gasteiger charge is -2.42. The van der Waals surface area contributed by atoms with Crippen molar-refractivity contribution in [1.29, 1.82) is 0 Å². The molecule has 1 atom stereocenters. The van der Waals surface area contributed by atoms with E-state index < -0.39 is 11.1 Å². The van der Waals surface area contributed by atoms with Crippen molar-refractivity contribution in [3.8, 4) is 5.88 Å². The van der Waals surface area contributed by atoms with Crippen molar-refractivity contribution in [1.82, 2.24) is 14.3 Å². The molecule has 39 heavy (non-hydrogen) atoms. The number of piperazine rings is 1. The van der Waals surface area contributed by atoms with Gasteiger partial charge in [-0.1, -0.05) is 48.0 Å². The predicted molar refractivity (Wildman–Crippen MR) is 147 cm³/mol. The van der Waals surface area contributed by atoms with E-state index in [0.717, 1.165) is 29.7 Å². The number of aromatic nitrogens is 2. The summed E-state index contributed by atoms with van der Waals surface area (Å²) in [6, 6.07) is 21.7. The Labute approximate surface area is 228 Å². The lowest BCUT2D eigenvalue weighted by atomic mass is 10.1. The van der Waals surface area contributed by atoms with Gasteiger partial charge in [0.25, 0.3) is 5.56 Å². The van der Waals surface area contributed by atoms with Gasteiger partial charge in [-0.2, -0.15) is 4.98 Å². The third-order valence-electron chi connectivity index (χ3n) is 7.26. The molecule has 200 valence electrons. The molecular formula is C29H28N4O5S. The van der Waals surface area contributed by atoms with Crippen LogP contribution in [-0.2, 0) is 22.4 Å². The fraction of sp³-hybridized carbons (Fsp3) is 0.276. The molecule has 3 heterocycles. The summed E-state index contributed by atoms with van der Waals surface area (Å²) in [6.45, 7) is 4.01. The lowest BCUT2D eigenvalue weighted by Crippen LogP contribution is -2.57. The summed E-state index contributed by atoms with van der Waals surface area (Å²) in [7, 11) is 0. The standard InChI is InChI=1S/C29H28N4O5S/c1-21-7-10-24(11-8-21)39(36)38-26-17-27(34)32-18-23(9-12-25(32)30-26)31-15-16-33(29(20-31)13-14-29)28(35)37-19-22-5-3-2-4-6-22/h2-12,17-18H,13-16,19-20H2,1H3. The van der Waals surface area contributed by atoms with Crippen molar-refractivity contribution >= 4 is 28.5 Å². The summed E-state index contributed by atoms with van der Waals surface area (Å²) >= 11 is -1.79. The lowest BCUT2D eigenvalue weighted by molar-refractivity contribution is 0.0702. The average molecular weight is 545 g/mol. The van der Waals surface area contributed by atoms with E-state index in [4.69, 9.17) is 8.92 Å². The Balaban J connectivity index is 1.14. The molecule has 1 spiro atoms. The first-order valence-electron chi connectivity index (χ1n) is 12.8. The number of carbonyl (C=O) groups excluding carboxylic acids is 1. The van der Waals surface area contributed by atoms with Crippen LogP contribution in [-0.4, -0.2) is 49.8 Å². The largest absolute Gasteiger partial charge is 0.445 e. The Kier molecular flexibility index (Phi) is 6.56. The number of anilines is 1. The monoisotopic (exact) mass is 544 g/mol. The molecule has 0 bridgehead atoms. The van der Waals surface area contributed by atoms with Crippen LogP contribution in [0.1, 0.15) is 24.0 Å². The number of benzene rings is 2. The molecule has 0 radical (unpaired) electrons. The van der Waals surface area contributed by atoms with E-state index in [1.807, 2.05) is 60.4 Å². The number of nitrogens with zero attached hydrogens (tertiary/aromatic N) is 4. The molecule has 2 aliphatic rings. The normalized spacial score (nSPS) is 16.7. The Morgan fingerprint density at radius 1 is 1.03 bits per heavy atom. The topological polar surface area (TPSA) is 93.5 Å². The Morgan fingerprint density at radius 2 is 1.79 bits per heavy atom. The van der Waals surface area contributed by atoms with Gasteiger partial charge in [-0.05, 0) is 49.6 Å². The molecule has 6 rings (SSSR count). The van der Waals surface area contributed by atoms with Gasteiger partial charge in [0.2, 0.25) is 17.0 Å². The van der Waals surface area contributed by atoms with Crippen molar-refractivity contribution in [2.45, 2.75) is 36.8 Å². The zero-order valence-corrected chi connectivity index (χ0v) is 22.3. The molecule has 2 aromatic heterocycles. The number of carbonyl (C=O) groups is 1. The first-order chi connectivity index (χ1) is 18.9. The van der Waals surface area contributed by atoms with Gasteiger partial charge in [-0.3, -0.25) is 14.1 Å². The second-order valence-electron chi connectivity index (χ2n) is 10.0. The minimum absolute atomic E-state index is 0.00576. The van der Waals surface area contributed by atoms with Crippen LogP contribution in [0.2, 0.25) is 0 Å². The number of fused-ring (bicyclic) bond motifs is 1. The summed E-state index contributed by atoms with van der Waals surface area (Å²) in [6.07, 6.45) is 3.30. The van der Waals surface area contributed by atoms with Crippen molar-refractivity contribution in [3.63, 3.8) is 0 Å². The minimum Gasteiger partial charge on any atom is -0.445 e. The Bertz CT molecular complexity index is 1600. The fourth-order valence-corrected chi connectivity index (χ4v) is 5.62. The molecule has 10 heteroatoms. The number of pyridine rings is 1. The number of rotatable bonds is 6. The Hall–Kier alpha value is -4.18. The van der Waals surface area contributed by atoms with Crippen LogP contribution in [0.5, 0.6) is 5.88 Å². The zero-order valence-electron chi connectivity index (χ0n) is 21.5. The minimum atomic E-state index is -1.79. The molecule has 1 amide bonds. The van der Waals surface area contributed by atoms with E-state index in [1.54, 1.807) is 24.4 Å². The molecule has 1 aliphatic carbocycles. The third kappa shape index (κ3) is 5.24. The highest BCUT2D eigenvalue weighted by Gasteiger charge is 2.54. The van der Waals surface area contributed by atoms with Gasteiger partial charge in [0.05, 0.1) is 22.2 Å². The fourth-order valence-electron chi connectivity index (χ4n) is 4.93. The Morgan fingerprint density at radius 3 is 2.54 bits per heavy atom. The molecule has 0 N–H and O–H groups in total. The van der Waals surface area contributed by atoms with Crippen LogP contribution >= 0.6 is 0 Å². The molecule has 4 aromatic rings. The second kappa shape index (κ2) is 10.2. The van der Waals surface area contributed by atoms with Gasteiger partial charge in [0.1, 0.15) is 12.3 Å². The highest BCUT2D eigenvalue weighted by atomic mass is 32.2. The van der Waals surface area contributed by atoms with Crippen molar-refractivity contribution in [2.75, 3.05) is 24.5 Å². The SMILES string of the molecule is Cc1ccc(S(=O)Oc2cc(=O)n3cc(N4CCN(C(=O)OCc5ccccc5)C5(CC5)C4)ccc3n2)cc1. The van der Waals surface area contributed by atoms with Gasteiger partial charge in [-0.15, -0.1) is 0 Å². The van der Waals surface area contributed by atoms with Crippen LogP contribution in [0.15, 0.2) is 88.7 Å². The van der Waals surface area contributed by atoms with Crippen molar-refractivity contribution < 1.29 is 17.9 Å². The average Bonchev–Trinajstić information content (AvgIpc) is 3.71. The highest BCUT2D eigenvalue weighted by Crippen LogP contribution is 2.45. The maximum Gasteiger partial charge on any atom is 0.410 e. The second-order valence-corrected chi connectivity index (χ2v) is 11.1. The van der Waals surface area contributed by atoms with Crippen LogP contribution < -0.4 is 14.6 Å². The van der Waals surface area contributed by atoms with Gasteiger partial charge in [-0.25, -0.2) is 9.00 Å². The molecule has 9 nitrogen and oxygen atoms in total. The van der Waals surface area contributed by atoms with E-state index in [2.05, 4.69) is 9.88 Å². The van der Waals surface area contributed by atoms with E-state index in [9.17, 15) is 13.8 Å². The molecule has 1 aliphatic heterocycles. The molecule has 1 saturated heterocycles. The van der Waals surface area contributed by atoms with Crippen LogP contribution in [0, 0.1) is 6.92 Å². The van der Waals surface area contributed by atoms with Crippen LogP contribution in [0.25, 0.3) is 5.65 Å². The molecular weight excluding hydrogens is 516 g/mol. The van der Waals surface area contributed by atoms with Gasteiger partial charge >= 0.3 is 6.09 Å². The summed E-state index contributed by atoms with van der Waals surface area (Å²) in [5, 5.41) is 0. The number of amides is 1. The smallest absolute Gasteiger partial charge is 0.410 e. The third-order valence-corrected chi connectivity index (χ3v) is 8.24. The first-order valence-corrected chi connectivity index (χ1v) is 13.9. The van der Waals surface area contributed by atoms with Crippen molar-refractivity contribution in [2.24, 2.45) is 0 Å². The van der Waals surface area contributed by atoms with Crippen molar-refractivity contribution in [3.05, 3.63) is 100 Å². The van der Waals surface area contributed by atoms with Gasteiger partial charge in [0.15, 0.2) is 0 Å². The molecule has 2 fully saturated rings. The predicted octanol–water partition coefficient (Wildman–Crippen LogP) is 4.10. The number of ether oxygens (including phenoxy) is 1. The molecule has 1 unspecified atom stereocenters. The first kappa shape index (κ1) is 25.1. The zero-order chi connectivity index (χ0) is 27.0. The molecule has 1 saturated carbocycles. The van der Waals surface area contributed by atoms with Crippen LogP contribution in [0.3, 0.4) is 0 Å². The van der Waals surface area contributed by atoms with E-state index in [1.165, 1.54) is 10.5 Å². The van der Waals surface area contributed by atoms with E-state index >= 15 is 0 Å². The van der Waals surface area contributed by atoms with E-state index in [-0.39, 0.29) is 29.7 Å². The van der Waals surface area contributed by atoms with E-state index in [0.29, 0.717) is 30.2 Å². The summed E-state index contributed by atoms with van der Waals surface area (Å²) < 4.78 is 25.1. The quantitative estimate of drug-likeness (QED) is 0.361. The highest BCUT2D eigenvalue weighted by molar-refractivity contribution is 7.80. The molecule has 2 aromatic carbocycles. The number of hydrogen-bond donors (Lipinski definition) is 0. The van der Waals surface area contributed by atoms with Gasteiger partial charge < -0.3 is 13.8 Å². The van der Waals surface area contributed by atoms with Crippen LogP contribution in [0.4, 0.5) is 10.5 Å². The number of hydrogen-bond acceptors (Lipinski definition) is 7. The summed E-state index contributed by atoms with van der Waals surface area (Å²) in [5.41, 5.74) is 2.69. The maximum absolute atomic E-state index is 12.9.